The molecule has 0 bridgehead atoms. The predicted octanol–water partition coefficient (Wildman–Crippen LogP) is 5.59. The lowest BCUT2D eigenvalue weighted by atomic mass is 10.1. The molecule has 2 aromatic rings. The van der Waals surface area contributed by atoms with Gasteiger partial charge in [-0.25, -0.2) is 22.2 Å². The number of Topliss-reactive ketones (excluding diaryl/α,β-unsaturated/α-hetero) is 1. The topological polar surface area (TPSA) is 114 Å². The zero-order valence-electron chi connectivity index (χ0n) is 20.0. The number of nitrogens with zero attached hydrogens (tertiary/aromatic N) is 1. The monoisotopic (exact) mass is 524 g/mol. The molecule has 0 saturated heterocycles. The highest BCUT2D eigenvalue weighted by Gasteiger charge is 2.18. The zero-order valence-corrected chi connectivity index (χ0v) is 20.9. The van der Waals surface area contributed by atoms with Gasteiger partial charge >= 0.3 is 0 Å². The van der Waals surface area contributed by atoms with Crippen LogP contribution in [0.1, 0.15) is 18.4 Å². The third-order valence-corrected chi connectivity index (χ3v) is 6.53. The van der Waals surface area contributed by atoms with Gasteiger partial charge in [0.15, 0.2) is 5.78 Å². The molecule has 0 aliphatic carbocycles. The van der Waals surface area contributed by atoms with E-state index in [1.807, 2.05) is 0 Å². The quantitative estimate of drug-likeness (QED) is 0.351. The lowest BCUT2D eigenvalue weighted by molar-refractivity contribution is -0.114. The van der Waals surface area contributed by atoms with Crippen molar-refractivity contribution >= 4 is 33.0 Å². The molecule has 0 atom stereocenters. The highest BCUT2D eigenvalue weighted by atomic mass is 32.2. The van der Waals surface area contributed by atoms with Crippen LogP contribution in [-0.4, -0.2) is 20.0 Å². The first-order valence-corrected chi connectivity index (χ1v) is 12.6. The molecule has 3 rings (SSSR count). The van der Waals surface area contributed by atoms with Gasteiger partial charge in [0.1, 0.15) is 23.3 Å². The molecular weight excluding hydrogens is 498 g/mol. The number of halogens is 2. The number of aliphatic imine (C=N–C) groups is 1. The second-order valence-electron chi connectivity index (χ2n) is 8.03. The van der Waals surface area contributed by atoms with E-state index in [9.17, 15) is 22.0 Å². The normalized spacial score (nSPS) is 14.4. The minimum atomic E-state index is -3.73. The number of hydrogen-bond donors (Lipinski definition) is 3. The van der Waals surface area contributed by atoms with E-state index in [0.717, 1.165) is 23.8 Å². The summed E-state index contributed by atoms with van der Waals surface area (Å²) in [6.45, 7) is 4.82. The van der Waals surface area contributed by atoms with Gasteiger partial charge in [-0.15, -0.1) is 0 Å². The van der Waals surface area contributed by atoms with Gasteiger partial charge in [0.2, 0.25) is 0 Å². The molecule has 0 saturated carbocycles. The van der Waals surface area contributed by atoms with Crippen LogP contribution in [0.15, 0.2) is 118 Å². The number of nitrogens with one attached hydrogen (secondary N) is 2. The Hall–Kier alpha value is -4.31. The molecule has 2 aromatic carbocycles. The Morgan fingerprint density at radius 1 is 1.16 bits per heavy atom. The van der Waals surface area contributed by atoms with Crippen molar-refractivity contribution in [2.24, 2.45) is 10.7 Å². The summed E-state index contributed by atoms with van der Waals surface area (Å²) in [5.41, 5.74) is 7.86. The van der Waals surface area contributed by atoms with Gasteiger partial charge in [0.05, 0.1) is 16.9 Å². The molecule has 0 amide bonds. The van der Waals surface area contributed by atoms with E-state index < -0.39 is 33.9 Å². The van der Waals surface area contributed by atoms with Crippen LogP contribution >= 0.6 is 0 Å². The minimum Gasteiger partial charge on any atom is -0.383 e. The number of nitrogens with two attached hydrogens (primary N) is 1. The number of rotatable bonds is 10. The van der Waals surface area contributed by atoms with Crippen LogP contribution in [0, 0.1) is 6.92 Å². The van der Waals surface area contributed by atoms with Crippen molar-refractivity contribution in [2.75, 3.05) is 10.0 Å². The summed E-state index contributed by atoms with van der Waals surface area (Å²) in [6.07, 6.45) is 6.09. The molecule has 0 radical (unpaired) electrons. The number of aryl methyl sites for hydroxylation is 1. The second-order valence-corrected chi connectivity index (χ2v) is 9.72. The van der Waals surface area contributed by atoms with Crippen molar-refractivity contribution in [2.45, 2.75) is 24.7 Å². The first-order chi connectivity index (χ1) is 17.5. The van der Waals surface area contributed by atoms with Gasteiger partial charge in [-0.05, 0) is 67.5 Å². The number of carbonyl (C=O) groups excluding carboxylic acids is 1. The van der Waals surface area contributed by atoms with E-state index in [1.54, 1.807) is 55.5 Å². The fraction of sp³-hybridized carbons (Fsp3) is 0.111. The minimum absolute atomic E-state index is 0.0772. The van der Waals surface area contributed by atoms with Crippen LogP contribution in [0.25, 0.3) is 0 Å². The largest absolute Gasteiger partial charge is 0.383 e. The number of carbonyl (C=O) groups is 1. The molecule has 37 heavy (non-hydrogen) atoms. The summed E-state index contributed by atoms with van der Waals surface area (Å²) in [5.74, 6) is -1.76. The van der Waals surface area contributed by atoms with E-state index in [2.05, 4.69) is 21.6 Å². The number of amidine groups is 1. The summed E-state index contributed by atoms with van der Waals surface area (Å²) in [6, 6.07) is 13.0. The van der Waals surface area contributed by atoms with Crippen LogP contribution in [0.3, 0.4) is 0 Å². The molecule has 4 N–H and O–H groups in total. The first-order valence-electron chi connectivity index (χ1n) is 11.2. The van der Waals surface area contributed by atoms with Crippen LogP contribution in [0.2, 0.25) is 0 Å². The van der Waals surface area contributed by atoms with Crippen molar-refractivity contribution < 1.29 is 22.0 Å². The molecule has 1 aliphatic heterocycles. The Morgan fingerprint density at radius 2 is 1.89 bits per heavy atom. The molecule has 0 aromatic heterocycles. The van der Waals surface area contributed by atoms with Gasteiger partial charge in [-0.1, -0.05) is 36.9 Å². The van der Waals surface area contributed by atoms with Crippen LogP contribution in [0.4, 0.5) is 20.2 Å². The number of allylic oxidation sites excluding steroid dienone is 7. The Labute approximate surface area is 214 Å². The van der Waals surface area contributed by atoms with E-state index in [4.69, 9.17) is 5.73 Å². The van der Waals surface area contributed by atoms with E-state index in [1.165, 1.54) is 12.1 Å². The van der Waals surface area contributed by atoms with Crippen LogP contribution in [0.5, 0.6) is 0 Å². The third-order valence-electron chi connectivity index (χ3n) is 5.13. The van der Waals surface area contributed by atoms with Crippen LogP contribution < -0.4 is 15.8 Å². The average Bonchev–Trinajstić information content (AvgIpc) is 3.01. The Kier molecular flexibility index (Phi) is 8.91. The fourth-order valence-corrected chi connectivity index (χ4v) is 4.42. The number of benzene rings is 2. The first kappa shape index (κ1) is 27.3. The highest BCUT2D eigenvalue weighted by Crippen LogP contribution is 2.25. The van der Waals surface area contributed by atoms with Crippen molar-refractivity contribution in [3.05, 3.63) is 114 Å². The predicted molar refractivity (Wildman–Crippen MR) is 143 cm³/mol. The maximum Gasteiger partial charge on any atom is 0.261 e. The SMILES string of the molecule is C=C(F)/C=C\C=C(\F)CC(=O)C1=CCC=C(Nc2ccc(NS(=O)(=O)c3ccccc3)cc2C)N=C1N. The number of anilines is 2. The van der Waals surface area contributed by atoms with Gasteiger partial charge in [-0.2, -0.15) is 0 Å². The van der Waals surface area contributed by atoms with Crippen molar-refractivity contribution in [1.82, 2.24) is 0 Å². The summed E-state index contributed by atoms with van der Waals surface area (Å²) >= 11 is 0. The molecule has 192 valence electrons. The molecule has 0 unspecified atom stereocenters. The van der Waals surface area contributed by atoms with E-state index in [-0.39, 0.29) is 16.3 Å². The summed E-state index contributed by atoms with van der Waals surface area (Å²) in [5, 5.41) is 3.11. The highest BCUT2D eigenvalue weighted by molar-refractivity contribution is 7.92. The summed E-state index contributed by atoms with van der Waals surface area (Å²) in [4.78, 5) is 16.9. The molecule has 10 heteroatoms. The number of hydrogen-bond acceptors (Lipinski definition) is 6. The third kappa shape index (κ3) is 7.84. The van der Waals surface area contributed by atoms with Crippen molar-refractivity contribution in [3.8, 4) is 0 Å². The number of sulfonamides is 1. The smallest absolute Gasteiger partial charge is 0.261 e. The van der Waals surface area contributed by atoms with Crippen molar-refractivity contribution in [3.63, 3.8) is 0 Å². The lowest BCUT2D eigenvalue weighted by Crippen LogP contribution is -2.21. The second kappa shape index (κ2) is 12.1. The van der Waals surface area contributed by atoms with Gasteiger partial charge in [0, 0.05) is 11.4 Å². The Morgan fingerprint density at radius 3 is 2.57 bits per heavy atom. The van der Waals surface area contributed by atoms with Gasteiger partial charge in [0.25, 0.3) is 10.0 Å². The maximum atomic E-state index is 14.0. The van der Waals surface area contributed by atoms with E-state index in [0.29, 0.717) is 23.6 Å². The van der Waals surface area contributed by atoms with Crippen molar-refractivity contribution in [1.29, 1.82) is 0 Å². The maximum absolute atomic E-state index is 14.0. The Bertz CT molecular complexity index is 1460. The van der Waals surface area contributed by atoms with E-state index >= 15 is 0 Å². The standard InChI is InChI=1S/C27H26F2N4O3S/c1-18-16-21(33-37(35,36)22-10-4-3-5-11-22)14-15-24(18)31-26-13-7-12-23(27(30)32-26)25(34)17-20(29)9-6-8-19(2)28/h3-6,8-16,31,33H,2,7,17H2,1H3,(H2,30,32)/b8-6-,20-9+. The van der Waals surface area contributed by atoms with Gasteiger partial charge < -0.3 is 11.1 Å². The fourth-order valence-electron chi connectivity index (χ4n) is 3.35. The molecule has 1 heterocycles. The summed E-state index contributed by atoms with van der Waals surface area (Å²) < 4.78 is 54.3. The average molecular weight is 525 g/mol. The molecule has 7 nitrogen and oxygen atoms in total. The molecular formula is C27H26F2N4O3S. The lowest BCUT2D eigenvalue weighted by Gasteiger charge is -2.13. The zero-order chi connectivity index (χ0) is 27.0. The number of ketones is 1. The molecule has 0 fully saturated rings. The Balaban J connectivity index is 1.68. The van der Waals surface area contributed by atoms with Gasteiger partial charge in [-0.3, -0.25) is 9.52 Å². The molecule has 1 aliphatic rings. The molecule has 0 spiro atoms. The summed E-state index contributed by atoms with van der Waals surface area (Å²) in [7, 11) is -3.73. The van der Waals surface area contributed by atoms with Crippen LogP contribution in [-0.2, 0) is 14.8 Å².